The summed E-state index contributed by atoms with van der Waals surface area (Å²) in [5.74, 6) is 0.520. The lowest BCUT2D eigenvalue weighted by molar-refractivity contribution is 0.155. The smallest absolute Gasteiger partial charge is 0.414 e. The number of ether oxygens (including phenoxy) is 1. The van der Waals surface area contributed by atoms with Crippen molar-refractivity contribution in [3.05, 3.63) is 60.2 Å². The van der Waals surface area contributed by atoms with E-state index in [1.165, 1.54) is 0 Å². The molecule has 0 spiro atoms. The lowest BCUT2D eigenvalue weighted by atomic mass is 10.2. The minimum atomic E-state index is -0.499. The fraction of sp³-hybridized carbons (Fsp3) is 0.222. The van der Waals surface area contributed by atoms with Gasteiger partial charge >= 0.3 is 6.09 Å². The van der Waals surface area contributed by atoms with E-state index in [2.05, 4.69) is 17.2 Å². The van der Waals surface area contributed by atoms with Crippen LogP contribution in [0.3, 0.4) is 0 Å². The van der Waals surface area contributed by atoms with Crippen molar-refractivity contribution in [3.8, 4) is 0 Å². The molecule has 23 heavy (non-hydrogen) atoms. The normalized spacial score (nSPS) is 10.7. The molecule has 0 saturated carbocycles. The Morgan fingerprint density at radius 1 is 1.13 bits per heavy atom. The first-order valence-corrected chi connectivity index (χ1v) is 7.71. The number of carbonyl (C=O) groups is 1. The number of hydrogen-bond acceptors (Lipinski definition) is 3. The predicted molar refractivity (Wildman–Crippen MR) is 90.3 cm³/mol. The average molecular weight is 309 g/mol. The van der Waals surface area contributed by atoms with E-state index in [4.69, 9.17) is 4.74 Å². The topological polar surface area (TPSA) is 56.2 Å². The second-order valence-electron chi connectivity index (χ2n) is 5.26. The molecule has 0 aliphatic carbocycles. The number of aryl methyl sites for hydroxylation is 1. The maximum absolute atomic E-state index is 12.0. The van der Waals surface area contributed by atoms with Gasteiger partial charge in [0.15, 0.2) is 0 Å². The van der Waals surface area contributed by atoms with Gasteiger partial charge in [-0.1, -0.05) is 49.4 Å². The lowest BCUT2D eigenvalue weighted by Crippen LogP contribution is -2.17. The summed E-state index contributed by atoms with van der Waals surface area (Å²) in [7, 11) is 0. The van der Waals surface area contributed by atoms with E-state index in [0.717, 1.165) is 29.6 Å². The molecule has 5 nitrogen and oxygen atoms in total. The van der Waals surface area contributed by atoms with Crippen molar-refractivity contribution in [1.82, 2.24) is 9.55 Å². The van der Waals surface area contributed by atoms with Gasteiger partial charge in [-0.05, 0) is 24.1 Å². The Balaban J connectivity index is 1.72. The SMILES string of the molecule is CCCn1c(NC(=O)OCc2ccccc2)nc2ccccc21. The number of aromatic nitrogens is 2. The van der Waals surface area contributed by atoms with Gasteiger partial charge in [-0.25, -0.2) is 9.78 Å². The van der Waals surface area contributed by atoms with Crippen LogP contribution >= 0.6 is 0 Å². The summed E-state index contributed by atoms with van der Waals surface area (Å²) < 4.78 is 7.26. The van der Waals surface area contributed by atoms with Crippen LogP contribution in [-0.4, -0.2) is 15.6 Å². The number of nitrogens with one attached hydrogen (secondary N) is 1. The number of fused-ring (bicyclic) bond motifs is 1. The fourth-order valence-corrected chi connectivity index (χ4v) is 2.47. The molecule has 0 bridgehead atoms. The summed E-state index contributed by atoms with van der Waals surface area (Å²) in [6, 6.07) is 17.4. The zero-order valence-corrected chi connectivity index (χ0v) is 13.0. The molecule has 0 aliphatic heterocycles. The van der Waals surface area contributed by atoms with Crippen LogP contribution in [0.2, 0.25) is 0 Å². The highest BCUT2D eigenvalue weighted by molar-refractivity contribution is 5.86. The maximum Gasteiger partial charge on any atom is 0.414 e. The van der Waals surface area contributed by atoms with Crippen molar-refractivity contribution in [1.29, 1.82) is 0 Å². The van der Waals surface area contributed by atoms with Gasteiger partial charge in [0.2, 0.25) is 5.95 Å². The molecule has 1 amide bonds. The molecule has 1 aromatic heterocycles. The predicted octanol–water partition coefficient (Wildman–Crippen LogP) is 4.20. The molecule has 0 saturated heterocycles. The van der Waals surface area contributed by atoms with Crippen LogP contribution in [0, 0.1) is 0 Å². The largest absolute Gasteiger partial charge is 0.444 e. The molecule has 118 valence electrons. The highest BCUT2D eigenvalue weighted by atomic mass is 16.5. The van der Waals surface area contributed by atoms with Crippen molar-refractivity contribution in [2.45, 2.75) is 26.5 Å². The Hall–Kier alpha value is -2.82. The number of anilines is 1. The molecule has 1 heterocycles. The Kier molecular flexibility index (Phi) is 4.57. The Bertz CT molecular complexity index is 796. The molecule has 0 aliphatic rings. The number of rotatable bonds is 5. The summed E-state index contributed by atoms with van der Waals surface area (Å²) in [6.45, 7) is 3.11. The Morgan fingerprint density at radius 3 is 2.65 bits per heavy atom. The van der Waals surface area contributed by atoms with Crippen molar-refractivity contribution in [2.24, 2.45) is 0 Å². The quantitative estimate of drug-likeness (QED) is 0.768. The van der Waals surface area contributed by atoms with Gasteiger partial charge < -0.3 is 9.30 Å². The monoisotopic (exact) mass is 309 g/mol. The van der Waals surface area contributed by atoms with Crippen LogP contribution in [0.15, 0.2) is 54.6 Å². The Morgan fingerprint density at radius 2 is 1.87 bits per heavy atom. The van der Waals surface area contributed by atoms with Crippen LogP contribution in [-0.2, 0) is 17.9 Å². The third-order valence-electron chi connectivity index (χ3n) is 3.53. The molecule has 2 aromatic carbocycles. The van der Waals surface area contributed by atoms with E-state index < -0.39 is 6.09 Å². The molecule has 0 radical (unpaired) electrons. The molecule has 0 unspecified atom stereocenters. The maximum atomic E-state index is 12.0. The van der Waals surface area contributed by atoms with E-state index >= 15 is 0 Å². The second-order valence-corrected chi connectivity index (χ2v) is 5.26. The van der Waals surface area contributed by atoms with E-state index in [1.807, 2.05) is 59.2 Å². The first kappa shape index (κ1) is 15.1. The fourth-order valence-electron chi connectivity index (χ4n) is 2.47. The zero-order chi connectivity index (χ0) is 16.1. The highest BCUT2D eigenvalue weighted by Crippen LogP contribution is 2.20. The van der Waals surface area contributed by atoms with Gasteiger partial charge in [-0.2, -0.15) is 0 Å². The van der Waals surface area contributed by atoms with Crippen molar-refractivity contribution < 1.29 is 9.53 Å². The van der Waals surface area contributed by atoms with E-state index in [9.17, 15) is 4.79 Å². The first-order valence-electron chi connectivity index (χ1n) is 7.71. The average Bonchev–Trinajstić information content (AvgIpc) is 2.92. The molecule has 0 atom stereocenters. The van der Waals surface area contributed by atoms with Crippen LogP contribution in [0.5, 0.6) is 0 Å². The number of imidazole rings is 1. The minimum Gasteiger partial charge on any atom is -0.444 e. The van der Waals surface area contributed by atoms with E-state index in [0.29, 0.717) is 5.95 Å². The third kappa shape index (κ3) is 3.51. The molecule has 3 aromatic rings. The van der Waals surface area contributed by atoms with Gasteiger partial charge in [-0.3, -0.25) is 5.32 Å². The van der Waals surface area contributed by atoms with Crippen LogP contribution in [0.1, 0.15) is 18.9 Å². The number of benzene rings is 2. The molecule has 1 N–H and O–H groups in total. The molecule has 3 rings (SSSR count). The standard InChI is InChI=1S/C18H19N3O2/c1-2-12-21-16-11-7-6-10-15(16)19-17(21)20-18(22)23-13-14-8-4-3-5-9-14/h3-11H,2,12-13H2,1H3,(H,19,20,22). The number of para-hydroxylation sites is 2. The number of carbonyl (C=O) groups excluding carboxylic acids is 1. The van der Waals surface area contributed by atoms with E-state index in [1.54, 1.807) is 0 Å². The summed E-state index contributed by atoms with van der Waals surface area (Å²) in [6.07, 6.45) is 0.454. The van der Waals surface area contributed by atoms with Gasteiger partial charge in [0.1, 0.15) is 6.61 Å². The molecular weight excluding hydrogens is 290 g/mol. The Labute approximate surface area is 134 Å². The summed E-state index contributed by atoms with van der Waals surface area (Å²) >= 11 is 0. The van der Waals surface area contributed by atoms with E-state index in [-0.39, 0.29) is 6.61 Å². The molecular formula is C18H19N3O2. The summed E-state index contributed by atoms with van der Waals surface area (Å²) in [5.41, 5.74) is 2.82. The van der Waals surface area contributed by atoms with Crippen molar-refractivity contribution in [3.63, 3.8) is 0 Å². The van der Waals surface area contributed by atoms with Gasteiger partial charge in [-0.15, -0.1) is 0 Å². The second kappa shape index (κ2) is 6.96. The lowest BCUT2D eigenvalue weighted by Gasteiger charge is -2.09. The van der Waals surface area contributed by atoms with Crippen LogP contribution in [0.4, 0.5) is 10.7 Å². The summed E-state index contributed by atoms with van der Waals surface area (Å²) in [4.78, 5) is 16.5. The minimum absolute atomic E-state index is 0.237. The highest BCUT2D eigenvalue weighted by Gasteiger charge is 2.13. The molecule has 5 heteroatoms. The third-order valence-corrected chi connectivity index (χ3v) is 3.53. The number of nitrogens with zero attached hydrogens (tertiary/aromatic N) is 2. The van der Waals surface area contributed by atoms with Crippen LogP contribution in [0.25, 0.3) is 11.0 Å². The number of hydrogen-bond donors (Lipinski definition) is 1. The summed E-state index contributed by atoms with van der Waals surface area (Å²) in [5, 5.41) is 2.75. The van der Waals surface area contributed by atoms with Crippen LogP contribution < -0.4 is 5.32 Å². The van der Waals surface area contributed by atoms with Crippen molar-refractivity contribution in [2.75, 3.05) is 5.32 Å². The molecule has 0 fully saturated rings. The van der Waals surface area contributed by atoms with Crippen molar-refractivity contribution >= 4 is 23.1 Å². The first-order chi connectivity index (χ1) is 11.3. The van der Waals surface area contributed by atoms with Gasteiger partial charge in [0, 0.05) is 6.54 Å². The zero-order valence-electron chi connectivity index (χ0n) is 13.0. The van der Waals surface area contributed by atoms with Gasteiger partial charge in [0.05, 0.1) is 11.0 Å². The number of amides is 1. The van der Waals surface area contributed by atoms with Gasteiger partial charge in [0.25, 0.3) is 0 Å².